The molecule has 0 radical (unpaired) electrons. The molecule has 1 N–H and O–H groups in total. The summed E-state index contributed by atoms with van der Waals surface area (Å²) in [6.45, 7) is 0. The molecular formula is C13H19NO2S. The van der Waals surface area contributed by atoms with Crippen molar-refractivity contribution < 1.29 is 8.42 Å². The van der Waals surface area contributed by atoms with Gasteiger partial charge in [0, 0.05) is 6.04 Å². The van der Waals surface area contributed by atoms with E-state index in [4.69, 9.17) is 0 Å². The summed E-state index contributed by atoms with van der Waals surface area (Å²) in [6, 6.07) is 9.92. The normalized spacial score (nSPS) is 17.4. The van der Waals surface area contributed by atoms with Crippen LogP contribution in [0.15, 0.2) is 30.3 Å². The number of hydrogen-bond acceptors (Lipinski definition) is 2. The van der Waals surface area contributed by atoms with Crippen molar-refractivity contribution in [2.45, 2.75) is 38.1 Å². The molecule has 0 spiro atoms. The highest BCUT2D eigenvalue weighted by Gasteiger charge is 2.20. The summed E-state index contributed by atoms with van der Waals surface area (Å²) in [4.78, 5) is 0. The molecule has 0 bridgehead atoms. The molecule has 1 fully saturated rings. The number of sulfonamides is 1. The Labute approximate surface area is 103 Å². The van der Waals surface area contributed by atoms with E-state index in [1.165, 1.54) is 0 Å². The summed E-state index contributed by atoms with van der Waals surface area (Å²) < 4.78 is 26.5. The van der Waals surface area contributed by atoms with Crippen LogP contribution in [0, 0.1) is 0 Å². The molecule has 0 amide bonds. The van der Waals surface area contributed by atoms with Gasteiger partial charge in [0.2, 0.25) is 10.0 Å². The predicted molar refractivity (Wildman–Crippen MR) is 69.3 cm³/mol. The molecule has 1 aromatic carbocycles. The maximum Gasteiger partial charge on any atom is 0.212 e. The Kier molecular flexibility index (Phi) is 4.18. The summed E-state index contributed by atoms with van der Waals surface area (Å²) in [5.41, 5.74) is 1.07. The smallest absolute Gasteiger partial charge is 0.212 e. The van der Waals surface area contributed by atoms with Gasteiger partial charge in [0.05, 0.1) is 5.75 Å². The third-order valence-corrected chi connectivity index (χ3v) is 4.64. The largest absolute Gasteiger partial charge is 0.212 e. The Morgan fingerprint density at radius 1 is 1.12 bits per heavy atom. The van der Waals surface area contributed by atoms with Crippen LogP contribution < -0.4 is 4.72 Å². The van der Waals surface area contributed by atoms with Crippen LogP contribution in [0.1, 0.15) is 31.2 Å². The van der Waals surface area contributed by atoms with Crippen LogP contribution in [-0.2, 0) is 16.4 Å². The maximum absolute atomic E-state index is 11.8. The van der Waals surface area contributed by atoms with Crippen LogP contribution in [0.2, 0.25) is 0 Å². The fourth-order valence-corrected chi connectivity index (χ4v) is 3.62. The van der Waals surface area contributed by atoms with E-state index in [1.54, 1.807) is 0 Å². The summed E-state index contributed by atoms with van der Waals surface area (Å²) in [5, 5.41) is 0. The molecule has 1 aliphatic carbocycles. The molecule has 0 saturated heterocycles. The van der Waals surface area contributed by atoms with Crippen molar-refractivity contribution in [1.29, 1.82) is 0 Å². The van der Waals surface area contributed by atoms with Crippen molar-refractivity contribution in [3.05, 3.63) is 35.9 Å². The second-order valence-corrected chi connectivity index (χ2v) is 6.53. The highest BCUT2D eigenvalue weighted by molar-refractivity contribution is 7.89. The summed E-state index contributed by atoms with van der Waals surface area (Å²) in [5.74, 6) is 0.188. The fraction of sp³-hybridized carbons (Fsp3) is 0.538. The van der Waals surface area contributed by atoms with Crippen molar-refractivity contribution in [1.82, 2.24) is 4.72 Å². The Balaban J connectivity index is 1.85. The van der Waals surface area contributed by atoms with Crippen LogP contribution >= 0.6 is 0 Å². The standard InChI is InChI=1S/C13H19NO2S/c15-17(16,14-13-8-4-5-9-13)11-10-12-6-2-1-3-7-12/h1-3,6-7,13-14H,4-5,8-11H2. The minimum atomic E-state index is -3.11. The molecular weight excluding hydrogens is 234 g/mol. The van der Waals surface area contributed by atoms with E-state index in [1.807, 2.05) is 30.3 Å². The van der Waals surface area contributed by atoms with Gasteiger partial charge in [0.1, 0.15) is 0 Å². The van der Waals surface area contributed by atoms with Gasteiger partial charge in [-0.3, -0.25) is 0 Å². The molecule has 1 aromatic rings. The van der Waals surface area contributed by atoms with Crippen LogP contribution in [0.5, 0.6) is 0 Å². The van der Waals surface area contributed by atoms with Gasteiger partial charge in [-0.05, 0) is 24.8 Å². The molecule has 0 heterocycles. The van der Waals surface area contributed by atoms with Crippen LogP contribution in [0.3, 0.4) is 0 Å². The van der Waals surface area contributed by atoms with E-state index < -0.39 is 10.0 Å². The fourth-order valence-electron chi connectivity index (χ4n) is 2.25. The van der Waals surface area contributed by atoms with Gasteiger partial charge in [-0.1, -0.05) is 43.2 Å². The number of nitrogens with one attached hydrogen (secondary N) is 1. The lowest BCUT2D eigenvalue weighted by Gasteiger charge is -2.12. The average molecular weight is 253 g/mol. The topological polar surface area (TPSA) is 46.2 Å². The lowest BCUT2D eigenvalue weighted by Crippen LogP contribution is -2.34. The Morgan fingerprint density at radius 2 is 1.76 bits per heavy atom. The van der Waals surface area contributed by atoms with Crippen LogP contribution in [-0.4, -0.2) is 20.2 Å². The van der Waals surface area contributed by atoms with E-state index in [0.717, 1.165) is 31.2 Å². The first-order valence-electron chi connectivity index (χ1n) is 6.20. The zero-order valence-electron chi connectivity index (χ0n) is 9.93. The quantitative estimate of drug-likeness (QED) is 0.873. The molecule has 0 aliphatic heterocycles. The first-order chi connectivity index (χ1) is 8.16. The Morgan fingerprint density at radius 3 is 2.41 bits per heavy atom. The van der Waals surface area contributed by atoms with Gasteiger partial charge in [-0.25, -0.2) is 13.1 Å². The number of benzene rings is 1. The van der Waals surface area contributed by atoms with E-state index in [-0.39, 0.29) is 11.8 Å². The lowest BCUT2D eigenvalue weighted by atomic mass is 10.2. The summed E-state index contributed by atoms with van der Waals surface area (Å²) in [6.07, 6.45) is 4.86. The number of aryl methyl sites for hydroxylation is 1. The summed E-state index contributed by atoms with van der Waals surface area (Å²) >= 11 is 0. The minimum Gasteiger partial charge on any atom is -0.212 e. The lowest BCUT2D eigenvalue weighted by molar-refractivity contribution is 0.551. The molecule has 0 unspecified atom stereocenters. The molecule has 0 aromatic heterocycles. The predicted octanol–water partition coefficient (Wildman–Crippen LogP) is 2.09. The van der Waals surface area contributed by atoms with E-state index >= 15 is 0 Å². The van der Waals surface area contributed by atoms with Gasteiger partial charge in [0.25, 0.3) is 0 Å². The van der Waals surface area contributed by atoms with Gasteiger partial charge in [-0.15, -0.1) is 0 Å². The van der Waals surface area contributed by atoms with Gasteiger partial charge in [0.15, 0.2) is 0 Å². The SMILES string of the molecule is O=S(=O)(CCc1ccccc1)NC1CCCC1. The first kappa shape index (κ1) is 12.6. The third-order valence-electron chi connectivity index (χ3n) is 3.20. The van der Waals surface area contributed by atoms with Crippen LogP contribution in [0.4, 0.5) is 0 Å². The zero-order chi connectivity index (χ0) is 12.1. The minimum absolute atomic E-state index is 0.177. The molecule has 4 heteroatoms. The monoisotopic (exact) mass is 253 g/mol. The third kappa shape index (κ3) is 4.13. The number of rotatable bonds is 5. The molecule has 94 valence electrons. The van der Waals surface area contributed by atoms with Gasteiger partial charge in [-0.2, -0.15) is 0 Å². The van der Waals surface area contributed by atoms with Gasteiger partial charge >= 0.3 is 0 Å². The average Bonchev–Trinajstić information content (AvgIpc) is 2.80. The number of hydrogen-bond donors (Lipinski definition) is 1. The molecule has 0 atom stereocenters. The second kappa shape index (κ2) is 5.65. The molecule has 1 aliphatic rings. The maximum atomic E-state index is 11.8. The van der Waals surface area contributed by atoms with E-state index in [2.05, 4.69) is 4.72 Å². The van der Waals surface area contributed by atoms with Crippen molar-refractivity contribution in [2.75, 3.05) is 5.75 Å². The van der Waals surface area contributed by atoms with E-state index in [0.29, 0.717) is 6.42 Å². The first-order valence-corrected chi connectivity index (χ1v) is 7.85. The highest BCUT2D eigenvalue weighted by atomic mass is 32.2. The summed E-state index contributed by atoms with van der Waals surface area (Å²) in [7, 11) is -3.11. The molecule has 2 rings (SSSR count). The van der Waals surface area contributed by atoms with E-state index in [9.17, 15) is 8.42 Å². The van der Waals surface area contributed by atoms with Crippen LogP contribution in [0.25, 0.3) is 0 Å². The van der Waals surface area contributed by atoms with Crippen molar-refractivity contribution in [3.63, 3.8) is 0 Å². The molecule has 17 heavy (non-hydrogen) atoms. The van der Waals surface area contributed by atoms with Crippen molar-refractivity contribution >= 4 is 10.0 Å². The second-order valence-electron chi connectivity index (χ2n) is 4.65. The zero-order valence-corrected chi connectivity index (χ0v) is 10.7. The van der Waals surface area contributed by atoms with Crippen molar-refractivity contribution in [3.8, 4) is 0 Å². The Bertz CT molecular complexity index is 436. The highest BCUT2D eigenvalue weighted by Crippen LogP contribution is 2.18. The molecule has 1 saturated carbocycles. The molecule has 3 nitrogen and oxygen atoms in total. The van der Waals surface area contributed by atoms with Gasteiger partial charge < -0.3 is 0 Å². The Hall–Kier alpha value is -0.870. The van der Waals surface area contributed by atoms with Crippen molar-refractivity contribution in [2.24, 2.45) is 0 Å².